The number of carbonyl (C=O) groups is 1. The molecule has 0 saturated carbocycles. The van der Waals surface area contributed by atoms with Crippen molar-refractivity contribution in [1.29, 1.82) is 0 Å². The number of carboxylic acids is 1. The highest BCUT2D eigenvalue weighted by atomic mass is 32.2. The molecular formula is C7H6N2O4S2. The number of hydrogen-bond donors (Lipinski definition) is 1. The van der Waals surface area contributed by atoms with E-state index in [9.17, 15) is 13.2 Å². The molecular weight excluding hydrogens is 240 g/mol. The molecule has 0 radical (unpaired) electrons. The van der Waals surface area contributed by atoms with Crippen LogP contribution in [0.15, 0.2) is 16.7 Å². The smallest absolute Gasteiger partial charge is 0.353 e. The minimum absolute atomic E-state index is 0.0115. The molecule has 0 aliphatic rings. The molecule has 0 aliphatic heterocycles. The molecule has 2 aromatic heterocycles. The van der Waals surface area contributed by atoms with Crippen molar-refractivity contribution < 1.29 is 18.3 Å². The molecule has 2 aromatic rings. The highest BCUT2D eigenvalue weighted by Crippen LogP contribution is 2.23. The number of rotatable bonds is 2. The first kappa shape index (κ1) is 10.1. The van der Waals surface area contributed by atoms with Crippen molar-refractivity contribution in [2.24, 2.45) is 0 Å². The molecule has 0 unspecified atom stereocenters. The standard InChI is InChI=1S/C7H6N2O4S2/c1-15(12,13)5-6-9(3-8-5)4(2-14-6)7(10)11/h2-3H,1H3,(H,10,11). The summed E-state index contributed by atoms with van der Waals surface area (Å²) in [4.78, 5) is 14.8. The first-order valence-electron chi connectivity index (χ1n) is 3.79. The Kier molecular flexibility index (Phi) is 2.05. The zero-order valence-corrected chi connectivity index (χ0v) is 9.17. The van der Waals surface area contributed by atoms with Crippen molar-refractivity contribution in [3.63, 3.8) is 0 Å². The van der Waals surface area contributed by atoms with Crippen molar-refractivity contribution >= 4 is 32.0 Å². The number of carboxylic acid groups (broad SMARTS) is 1. The van der Waals surface area contributed by atoms with Gasteiger partial charge >= 0.3 is 5.97 Å². The largest absolute Gasteiger partial charge is 0.477 e. The van der Waals surface area contributed by atoms with E-state index in [1.807, 2.05) is 0 Å². The van der Waals surface area contributed by atoms with Gasteiger partial charge in [0.05, 0.1) is 0 Å². The molecule has 1 N–H and O–H groups in total. The van der Waals surface area contributed by atoms with E-state index in [1.54, 1.807) is 0 Å². The van der Waals surface area contributed by atoms with Crippen molar-refractivity contribution in [3.05, 3.63) is 17.4 Å². The van der Waals surface area contributed by atoms with Gasteiger partial charge in [-0.15, -0.1) is 11.3 Å². The molecule has 0 spiro atoms. The van der Waals surface area contributed by atoms with E-state index in [0.717, 1.165) is 17.6 Å². The normalized spacial score (nSPS) is 12.1. The van der Waals surface area contributed by atoms with Crippen LogP contribution in [-0.4, -0.2) is 35.1 Å². The molecule has 6 nitrogen and oxygen atoms in total. The number of sulfone groups is 1. The van der Waals surface area contributed by atoms with Gasteiger partial charge < -0.3 is 5.11 Å². The summed E-state index contributed by atoms with van der Waals surface area (Å²) >= 11 is 1.04. The van der Waals surface area contributed by atoms with Gasteiger partial charge in [-0.2, -0.15) is 0 Å². The highest BCUT2D eigenvalue weighted by Gasteiger charge is 2.20. The summed E-state index contributed by atoms with van der Waals surface area (Å²) < 4.78 is 23.8. The number of nitrogens with zero attached hydrogens (tertiary/aromatic N) is 2. The molecule has 15 heavy (non-hydrogen) atoms. The maximum absolute atomic E-state index is 11.3. The van der Waals surface area contributed by atoms with Crippen molar-refractivity contribution in [2.75, 3.05) is 6.26 Å². The maximum Gasteiger partial charge on any atom is 0.353 e. The van der Waals surface area contributed by atoms with Gasteiger partial charge in [0.15, 0.2) is 14.9 Å². The number of aromatic nitrogens is 2. The quantitative estimate of drug-likeness (QED) is 0.833. The van der Waals surface area contributed by atoms with Crippen LogP contribution in [0, 0.1) is 0 Å². The Morgan fingerprint density at radius 3 is 2.80 bits per heavy atom. The Balaban J connectivity index is 2.80. The van der Waals surface area contributed by atoms with Gasteiger partial charge in [0.1, 0.15) is 16.9 Å². The van der Waals surface area contributed by atoms with Gasteiger partial charge in [-0.1, -0.05) is 0 Å². The third-order valence-corrected chi connectivity index (χ3v) is 3.89. The van der Waals surface area contributed by atoms with Gasteiger partial charge in [0.25, 0.3) is 0 Å². The Labute approximate surface area is 88.7 Å². The minimum Gasteiger partial charge on any atom is -0.477 e. The second kappa shape index (κ2) is 3.04. The number of fused-ring (bicyclic) bond motifs is 1. The lowest BCUT2D eigenvalue weighted by molar-refractivity contribution is 0.0689. The summed E-state index contributed by atoms with van der Waals surface area (Å²) in [6, 6.07) is 0. The maximum atomic E-state index is 11.3. The monoisotopic (exact) mass is 246 g/mol. The van der Waals surface area contributed by atoms with E-state index in [4.69, 9.17) is 5.11 Å². The van der Waals surface area contributed by atoms with Crippen LogP contribution in [0.3, 0.4) is 0 Å². The van der Waals surface area contributed by atoms with Gasteiger partial charge in [-0.05, 0) is 0 Å². The molecule has 0 aliphatic carbocycles. The summed E-state index contributed by atoms with van der Waals surface area (Å²) in [5.74, 6) is -1.11. The third-order valence-electron chi connectivity index (χ3n) is 1.80. The summed E-state index contributed by atoms with van der Waals surface area (Å²) in [6.07, 6.45) is 2.24. The van der Waals surface area contributed by atoms with Crippen molar-refractivity contribution in [2.45, 2.75) is 5.03 Å². The Bertz CT molecular complexity index is 637. The van der Waals surface area contributed by atoms with Crippen molar-refractivity contribution in [3.8, 4) is 0 Å². The van der Waals surface area contributed by atoms with Crippen LogP contribution in [0.25, 0.3) is 4.83 Å². The van der Waals surface area contributed by atoms with Crippen LogP contribution in [0.4, 0.5) is 0 Å². The molecule has 80 valence electrons. The topological polar surface area (TPSA) is 88.7 Å². The molecule has 0 atom stereocenters. The number of aromatic carboxylic acids is 1. The molecule has 0 bridgehead atoms. The van der Waals surface area contributed by atoms with E-state index in [1.165, 1.54) is 16.1 Å². The molecule has 0 amide bonds. The summed E-state index contributed by atoms with van der Waals surface area (Å²) in [5, 5.41) is 10.1. The van der Waals surface area contributed by atoms with Crippen LogP contribution in [0.1, 0.15) is 10.5 Å². The lowest BCUT2D eigenvalue weighted by Crippen LogP contribution is -2.00. The first-order valence-corrected chi connectivity index (χ1v) is 6.56. The number of imidazole rings is 1. The molecule has 8 heteroatoms. The van der Waals surface area contributed by atoms with Crippen LogP contribution < -0.4 is 0 Å². The van der Waals surface area contributed by atoms with Gasteiger partial charge in [0.2, 0.25) is 0 Å². The first-order chi connectivity index (χ1) is 6.91. The fourth-order valence-electron chi connectivity index (χ4n) is 1.18. The fraction of sp³-hybridized carbons (Fsp3) is 0.143. The lowest BCUT2D eigenvalue weighted by atomic mass is 10.5. The van der Waals surface area contributed by atoms with Gasteiger partial charge in [-0.25, -0.2) is 18.2 Å². The van der Waals surface area contributed by atoms with Crippen molar-refractivity contribution in [1.82, 2.24) is 9.38 Å². The zero-order chi connectivity index (χ0) is 11.2. The van der Waals surface area contributed by atoms with E-state index in [2.05, 4.69) is 4.98 Å². The lowest BCUT2D eigenvalue weighted by Gasteiger charge is -1.90. The fourth-order valence-corrected chi connectivity index (χ4v) is 3.28. The Morgan fingerprint density at radius 1 is 1.60 bits per heavy atom. The average molecular weight is 246 g/mol. The number of hydrogen-bond acceptors (Lipinski definition) is 5. The molecule has 0 aromatic carbocycles. The van der Waals surface area contributed by atoms with Crippen LogP contribution in [0.5, 0.6) is 0 Å². The Hall–Kier alpha value is -1.41. The molecule has 2 rings (SSSR count). The summed E-state index contributed by atoms with van der Waals surface area (Å²) in [5.41, 5.74) is 0.0115. The number of thiazole rings is 1. The zero-order valence-electron chi connectivity index (χ0n) is 7.54. The van der Waals surface area contributed by atoms with Crippen LogP contribution in [-0.2, 0) is 9.84 Å². The molecule has 0 saturated heterocycles. The van der Waals surface area contributed by atoms with E-state index in [-0.39, 0.29) is 10.7 Å². The minimum atomic E-state index is -3.41. The second-order valence-electron chi connectivity index (χ2n) is 2.92. The third kappa shape index (κ3) is 1.51. The predicted molar refractivity (Wildman–Crippen MR) is 53.1 cm³/mol. The highest BCUT2D eigenvalue weighted by molar-refractivity contribution is 7.91. The van der Waals surface area contributed by atoms with Gasteiger partial charge in [0, 0.05) is 11.6 Å². The average Bonchev–Trinajstić information content (AvgIpc) is 2.56. The van der Waals surface area contributed by atoms with E-state index in [0.29, 0.717) is 4.83 Å². The molecule has 0 fully saturated rings. The molecule has 2 heterocycles. The summed E-state index contributed by atoms with van der Waals surface area (Å²) in [7, 11) is -3.41. The predicted octanol–water partition coefficient (Wildman–Crippen LogP) is 0.497. The SMILES string of the molecule is CS(=O)(=O)c1ncn2c(C(=O)O)csc12. The second-order valence-corrected chi connectivity index (χ2v) is 5.71. The van der Waals surface area contributed by atoms with Gasteiger partial charge in [-0.3, -0.25) is 4.40 Å². The van der Waals surface area contributed by atoms with Crippen LogP contribution in [0.2, 0.25) is 0 Å². The summed E-state index contributed by atoms with van der Waals surface area (Å²) in [6.45, 7) is 0. The van der Waals surface area contributed by atoms with E-state index < -0.39 is 15.8 Å². The van der Waals surface area contributed by atoms with E-state index >= 15 is 0 Å². The Morgan fingerprint density at radius 2 is 2.27 bits per heavy atom. The van der Waals surface area contributed by atoms with Crippen LogP contribution >= 0.6 is 11.3 Å².